The molecule has 18 heavy (non-hydrogen) atoms. The molecule has 1 N–H and O–H groups in total. The molecule has 0 spiro atoms. The largest absolute Gasteiger partial charge is 0.322 e. The molecule has 4 heteroatoms. The topological polar surface area (TPSA) is 32.3 Å². The van der Waals surface area contributed by atoms with Crippen LogP contribution in [0.2, 0.25) is 0 Å². The standard InChI is InChI=1S/C14H28N2OS/c1-6-11(9-18-5)16-13(8-10(3)4)15-12(7-2)14(16)17/h10-13,15H,6-9H2,1-5H3. The molecule has 3 nitrogen and oxygen atoms in total. The van der Waals surface area contributed by atoms with E-state index < -0.39 is 0 Å². The van der Waals surface area contributed by atoms with E-state index in [2.05, 4.69) is 44.2 Å². The average Bonchev–Trinajstić information content (AvgIpc) is 2.62. The molecule has 0 radical (unpaired) electrons. The van der Waals surface area contributed by atoms with Gasteiger partial charge in [-0.1, -0.05) is 27.7 Å². The van der Waals surface area contributed by atoms with Crippen molar-refractivity contribution in [1.29, 1.82) is 0 Å². The lowest BCUT2D eigenvalue weighted by Gasteiger charge is -2.32. The molecule has 3 unspecified atom stereocenters. The number of nitrogens with zero attached hydrogens (tertiary/aromatic N) is 1. The summed E-state index contributed by atoms with van der Waals surface area (Å²) in [4.78, 5) is 14.6. The lowest BCUT2D eigenvalue weighted by Crippen LogP contribution is -2.46. The molecule has 0 aromatic carbocycles. The zero-order valence-electron chi connectivity index (χ0n) is 12.4. The van der Waals surface area contributed by atoms with E-state index in [-0.39, 0.29) is 12.2 Å². The number of hydrogen-bond acceptors (Lipinski definition) is 3. The number of carbonyl (C=O) groups excluding carboxylic acids is 1. The molecule has 1 amide bonds. The third-order valence-electron chi connectivity index (χ3n) is 3.61. The number of rotatable bonds is 7. The Morgan fingerprint density at radius 2 is 2.06 bits per heavy atom. The number of carbonyl (C=O) groups is 1. The van der Waals surface area contributed by atoms with E-state index in [4.69, 9.17) is 0 Å². The molecule has 1 aliphatic heterocycles. The third-order valence-corrected chi connectivity index (χ3v) is 4.33. The molecule has 0 aromatic heterocycles. The molecule has 1 aliphatic rings. The molecule has 3 atom stereocenters. The van der Waals surface area contributed by atoms with Crippen LogP contribution in [0.5, 0.6) is 0 Å². The fourth-order valence-corrected chi connectivity index (χ4v) is 3.44. The Hall–Kier alpha value is -0.220. The molecule has 106 valence electrons. The Morgan fingerprint density at radius 3 is 2.50 bits per heavy atom. The van der Waals surface area contributed by atoms with E-state index in [1.807, 2.05) is 11.8 Å². The Kier molecular flexibility index (Phi) is 6.50. The van der Waals surface area contributed by atoms with Gasteiger partial charge in [0.1, 0.15) is 0 Å². The third kappa shape index (κ3) is 3.64. The van der Waals surface area contributed by atoms with E-state index in [0.29, 0.717) is 17.9 Å². The minimum Gasteiger partial charge on any atom is -0.322 e. The van der Waals surface area contributed by atoms with Crippen molar-refractivity contribution >= 4 is 17.7 Å². The summed E-state index contributed by atoms with van der Waals surface area (Å²) in [6, 6.07) is 0.407. The van der Waals surface area contributed by atoms with Crippen LogP contribution in [0, 0.1) is 5.92 Å². The highest BCUT2D eigenvalue weighted by Crippen LogP contribution is 2.24. The van der Waals surface area contributed by atoms with E-state index in [1.165, 1.54) is 0 Å². The zero-order valence-corrected chi connectivity index (χ0v) is 13.2. The summed E-state index contributed by atoms with van der Waals surface area (Å²) in [6.07, 6.45) is 5.33. The summed E-state index contributed by atoms with van der Waals surface area (Å²) in [5.74, 6) is 1.96. The summed E-state index contributed by atoms with van der Waals surface area (Å²) in [5, 5.41) is 3.51. The van der Waals surface area contributed by atoms with Crippen molar-refractivity contribution in [3.63, 3.8) is 0 Å². The second kappa shape index (κ2) is 7.39. The molecule has 1 fully saturated rings. The van der Waals surface area contributed by atoms with Crippen LogP contribution in [0.1, 0.15) is 47.0 Å². The minimum atomic E-state index is 0.0321. The van der Waals surface area contributed by atoms with Crippen molar-refractivity contribution in [3.8, 4) is 0 Å². The van der Waals surface area contributed by atoms with Crippen molar-refractivity contribution in [1.82, 2.24) is 10.2 Å². The van der Waals surface area contributed by atoms with Crippen LogP contribution in [-0.2, 0) is 4.79 Å². The number of amides is 1. The summed E-state index contributed by atoms with van der Waals surface area (Å²) in [6.45, 7) is 8.71. The highest BCUT2D eigenvalue weighted by atomic mass is 32.2. The number of thioether (sulfide) groups is 1. The first kappa shape index (κ1) is 15.8. The Bertz CT molecular complexity index is 271. The smallest absolute Gasteiger partial charge is 0.241 e. The average molecular weight is 272 g/mol. The number of hydrogen-bond donors (Lipinski definition) is 1. The van der Waals surface area contributed by atoms with Gasteiger partial charge in [-0.25, -0.2) is 0 Å². The predicted octanol–water partition coefficient (Wildman–Crippen LogP) is 2.71. The van der Waals surface area contributed by atoms with Gasteiger partial charge >= 0.3 is 0 Å². The lowest BCUT2D eigenvalue weighted by atomic mass is 10.1. The Balaban J connectivity index is 2.82. The van der Waals surface area contributed by atoms with Crippen molar-refractivity contribution in [2.75, 3.05) is 12.0 Å². The van der Waals surface area contributed by atoms with Gasteiger partial charge in [0.25, 0.3) is 0 Å². The normalized spacial score (nSPS) is 26.1. The van der Waals surface area contributed by atoms with Crippen molar-refractivity contribution in [3.05, 3.63) is 0 Å². The first-order chi connectivity index (χ1) is 8.54. The van der Waals surface area contributed by atoms with Crippen LogP contribution in [0.25, 0.3) is 0 Å². The van der Waals surface area contributed by atoms with E-state index in [1.54, 1.807) is 0 Å². The van der Waals surface area contributed by atoms with Crippen LogP contribution in [0.4, 0.5) is 0 Å². The van der Waals surface area contributed by atoms with Crippen LogP contribution in [-0.4, -0.2) is 41.1 Å². The molecular weight excluding hydrogens is 244 g/mol. The summed E-state index contributed by atoms with van der Waals surface area (Å²) in [7, 11) is 0. The minimum absolute atomic E-state index is 0.0321. The quantitative estimate of drug-likeness (QED) is 0.773. The molecule has 0 aliphatic carbocycles. The summed E-state index contributed by atoms with van der Waals surface area (Å²) >= 11 is 1.83. The lowest BCUT2D eigenvalue weighted by molar-refractivity contribution is -0.132. The molecule has 0 saturated carbocycles. The fourth-order valence-electron chi connectivity index (χ4n) is 2.66. The first-order valence-electron chi connectivity index (χ1n) is 7.12. The van der Waals surface area contributed by atoms with Gasteiger partial charge in [0.05, 0.1) is 12.2 Å². The van der Waals surface area contributed by atoms with Gasteiger partial charge in [-0.15, -0.1) is 0 Å². The molecule has 1 saturated heterocycles. The maximum absolute atomic E-state index is 12.5. The van der Waals surface area contributed by atoms with Gasteiger partial charge in [-0.05, 0) is 31.4 Å². The second-order valence-corrected chi connectivity index (χ2v) is 6.45. The van der Waals surface area contributed by atoms with Crippen LogP contribution >= 0.6 is 11.8 Å². The van der Waals surface area contributed by atoms with Gasteiger partial charge in [0, 0.05) is 11.8 Å². The van der Waals surface area contributed by atoms with Gasteiger partial charge in [-0.2, -0.15) is 11.8 Å². The Morgan fingerprint density at radius 1 is 1.39 bits per heavy atom. The molecule has 1 heterocycles. The monoisotopic (exact) mass is 272 g/mol. The van der Waals surface area contributed by atoms with E-state index >= 15 is 0 Å². The second-order valence-electron chi connectivity index (χ2n) is 5.54. The molecular formula is C14H28N2OS. The maximum Gasteiger partial charge on any atom is 0.241 e. The molecule has 0 aromatic rings. The zero-order chi connectivity index (χ0) is 13.7. The first-order valence-corrected chi connectivity index (χ1v) is 8.51. The van der Waals surface area contributed by atoms with Crippen molar-refractivity contribution in [2.24, 2.45) is 5.92 Å². The molecule has 1 rings (SSSR count). The maximum atomic E-state index is 12.5. The van der Waals surface area contributed by atoms with Crippen LogP contribution < -0.4 is 5.32 Å². The SMILES string of the molecule is CCC1NC(CC(C)C)N(C(CC)CSC)C1=O. The van der Waals surface area contributed by atoms with Gasteiger partial charge < -0.3 is 4.90 Å². The van der Waals surface area contributed by atoms with E-state index in [0.717, 1.165) is 25.0 Å². The van der Waals surface area contributed by atoms with Gasteiger partial charge in [-0.3, -0.25) is 10.1 Å². The molecule has 0 bridgehead atoms. The number of nitrogens with one attached hydrogen (secondary N) is 1. The van der Waals surface area contributed by atoms with Gasteiger partial charge in [0.2, 0.25) is 5.91 Å². The predicted molar refractivity (Wildman–Crippen MR) is 79.8 cm³/mol. The van der Waals surface area contributed by atoms with Gasteiger partial charge in [0.15, 0.2) is 0 Å². The summed E-state index contributed by atoms with van der Waals surface area (Å²) < 4.78 is 0. The highest BCUT2D eigenvalue weighted by Gasteiger charge is 2.40. The highest BCUT2D eigenvalue weighted by molar-refractivity contribution is 7.98. The van der Waals surface area contributed by atoms with Crippen LogP contribution in [0.15, 0.2) is 0 Å². The Labute approximate surface area is 116 Å². The van der Waals surface area contributed by atoms with E-state index in [9.17, 15) is 4.79 Å². The summed E-state index contributed by atoms with van der Waals surface area (Å²) in [5.41, 5.74) is 0. The van der Waals surface area contributed by atoms with Crippen LogP contribution in [0.3, 0.4) is 0 Å². The fraction of sp³-hybridized carbons (Fsp3) is 0.929. The van der Waals surface area contributed by atoms with Crippen molar-refractivity contribution < 1.29 is 4.79 Å². The van der Waals surface area contributed by atoms with Crippen molar-refractivity contribution in [2.45, 2.75) is 65.2 Å².